The van der Waals surface area contributed by atoms with Gasteiger partial charge in [0.2, 0.25) is 11.8 Å². The van der Waals surface area contributed by atoms with Crippen molar-refractivity contribution in [2.75, 3.05) is 6.54 Å². The minimum Gasteiger partial charge on any atom is -0.352 e. The van der Waals surface area contributed by atoms with Crippen LogP contribution in [0.2, 0.25) is 0 Å². The maximum Gasteiger partial charge on any atom is 0.254 e. The van der Waals surface area contributed by atoms with Gasteiger partial charge in [-0.05, 0) is 45.7 Å². The number of hydrogen-bond acceptors (Lipinski definition) is 6. The Bertz CT molecular complexity index is 1120. The number of hydrogen-bond donors (Lipinski definition) is 1. The topological polar surface area (TPSA) is 106 Å². The summed E-state index contributed by atoms with van der Waals surface area (Å²) < 4.78 is 7.32. The van der Waals surface area contributed by atoms with Crippen molar-refractivity contribution in [3.63, 3.8) is 0 Å². The number of aromatic nitrogens is 4. The van der Waals surface area contributed by atoms with Crippen LogP contribution in [0.5, 0.6) is 0 Å². The molecule has 1 saturated heterocycles. The lowest BCUT2D eigenvalue weighted by Gasteiger charge is -2.22. The van der Waals surface area contributed by atoms with Gasteiger partial charge in [-0.25, -0.2) is 0 Å². The SMILES string of the molecule is CCn1nc(C)c(CNC(=O)CCc2nc(C3CCCN3C(=O)c3ccccc3)no2)c1C. The molecule has 0 radical (unpaired) electrons. The number of nitrogens with zero attached hydrogens (tertiary/aromatic N) is 5. The first-order valence-corrected chi connectivity index (χ1v) is 11.5. The van der Waals surface area contributed by atoms with Crippen LogP contribution in [0.3, 0.4) is 0 Å². The molecule has 2 aromatic heterocycles. The molecule has 1 aliphatic heterocycles. The van der Waals surface area contributed by atoms with E-state index in [1.165, 1.54) is 0 Å². The Morgan fingerprint density at radius 1 is 1.21 bits per heavy atom. The van der Waals surface area contributed by atoms with Gasteiger partial charge >= 0.3 is 0 Å². The fourth-order valence-corrected chi connectivity index (χ4v) is 4.32. The Balaban J connectivity index is 1.32. The Morgan fingerprint density at radius 3 is 2.73 bits per heavy atom. The number of nitrogens with one attached hydrogen (secondary N) is 1. The maximum absolute atomic E-state index is 12.9. The van der Waals surface area contributed by atoms with Gasteiger partial charge in [0.25, 0.3) is 5.91 Å². The van der Waals surface area contributed by atoms with Gasteiger partial charge in [0.05, 0.1) is 11.7 Å². The first-order chi connectivity index (χ1) is 16.0. The number of rotatable bonds is 8. The standard InChI is InChI=1S/C24H30N6O3/c1-4-30-17(3)19(16(2)27-30)15-25-21(31)12-13-22-26-23(28-33-22)20-11-8-14-29(20)24(32)18-9-6-5-7-10-18/h5-7,9-10,20H,4,8,11-15H2,1-3H3,(H,25,31). The molecule has 0 bridgehead atoms. The van der Waals surface area contributed by atoms with E-state index in [4.69, 9.17) is 4.52 Å². The van der Waals surface area contributed by atoms with Crippen molar-refractivity contribution in [2.45, 2.75) is 65.6 Å². The summed E-state index contributed by atoms with van der Waals surface area (Å²) in [6, 6.07) is 9.02. The Kier molecular flexibility index (Phi) is 6.86. The van der Waals surface area contributed by atoms with Gasteiger partial charge in [-0.1, -0.05) is 23.4 Å². The summed E-state index contributed by atoms with van der Waals surface area (Å²) >= 11 is 0. The molecule has 1 N–H and O–H groups in total. The largest absolute Gasteiger partial charge is 0.352 e. The predicted octanol–water partition coefficient (Wildman–Crippen LogP) is 3.13. The van der Waals surface area contributed by atoms with Gasteiger partial charge in [0.1, 0.15) is 0 Å². The molecule has 9 nitrogen and oxygen atoms in total. The van der Waals surface area contributed by atoms with Crippen molar-refractivity contribution >= 4 is 11.8 Å². The zero-order valence-electron chi connectivity index (χ0n) is 19.4. The van der Waals surface area contributed by atoms with E-state index in [2.05, 4.69) is 20.6 Å². The smallest absolute Gasteiger partial charge is 0.254 e. The van der Waals surface area contributed by atoms with Crippen molar-refractivity contribution in [3.05, 3.63) is 64.6 Å². The first-order valence-electron chi connectivity index (χ1n) is 11.5. The molecule has 9 heteroatoms. The molecule has 1 unspecified atom stereocenters. The molecular formula is C24H30N6O3. The van der Waals surface area contributed by atoms with Crippen molar-refractivity contribution in [3.8, 4) is 0 Å². The number of benzene rings is 1. The average Bonchev–Trinajstić information content (AvgIpc) is 3.55. The molecule has 0 saturated carbocycles. The van der Waals surface area contributed by atoms with Crippen molar-refractivity contribution in [1.82, 2.24) is 30.1 Å². The number of likely N-dealkylation sites (tertiary alicyclic amines) is 1. The highest BCUT2D eigenvalue weighted by Crippen LogP contribution is 2.31. The second kappa shape index (κ2) is 9.97. The molecule has 33 heavy (non-hydrogen) atoms. The molecule has 1 atom stereocenters. The fraction of sp³-hybridized carbons (Fsp3) is 0.458. The second-order valence-electron chi connectivity index (χ2n) is 8.31. The molecule has 0 aliphatic carbocycles. The molecule has 3 heterocycles. The molecule has 4 rings (SSSR count). The van der Waals surface area contributed by atoms with Gasteiger partial charge < -0.3 is 14.7 Å². The second-order valence-corrected chi connectivity index (χ2v) is 8.31. The van der Waals surface area contributed by atoms with E-state index >= 15 is 0 Å². The van der Waals surface area contributed by atoms with Crippen LogP contribution >= 0.6 is 0 Å². The normalized spacial score (nSPS) is 15.7. The van der Waals surface area contributed by atoms with E-state index in [1.54, 1.807) is 4.90 Å². The number of carbonyl (C=O) groups excluding carboxylic acids is 2. The third kappa shape index (κ3) is 4.97. The van der Waals surface area contributed by atoms with Crippen LogP contribution in [0.1, 0.15) is 71.3 Å². The molecular weight excluding hydrogens is 420 g/mol. The quantitative estimate of drug-likeness (QED) is 0.565. The van der Waals surface area contributed by atoms with Crippen LogP contribution in [0.15, 0.2) is 34.9 Å². The molecule has 0 spiro atoms. The Morgan fingerprint density at radius 2 is 2.00 bits per heavy atom. The van der Waals surface area contributed by atoms with E-state index < -0.39 is 0 Å². The highest BCUT2D eigenvalue weighted by atomic mass is 16.5. The van der Waals surface area contributed by atoms with Crippen LogP contribution in [-0.2, 0) is 24.3 Å². The third-order valence-corrected chi connectivity index (χ3v) is 6.18. The van der Waals surface area contributed by atoms with E-state index in [9.17, 15) is 9.59 Å². The Labute approximate surface area is 193 Å². The van der Waals surface area contributed by atoms with E-state index in [0.717, 1.165) is 36.3 Å². The van der Waals surface area contributed by atoms with Gasteiger partial charge in [-0.15, -0.1) is 0 Å². The highest BCUT2D eigenvalue weighted by Gasteiger charge is 2.33. The summed E-state index contributed by atoms with van der Waals surface area (Å²) in [6.45, 7) is 7.93. The molecule has 1 aliphatic rings. The summed E-state index contributed by atoms with van der Waals surface area (Å²) in [7, 11) is 0. The van der Waals surface area contributed by atoms with Crippen molar-refractivity contribution in [2.24, 2.45) is 0 Å². The lowest BCUT2D eigenvalue weighted by Crippen LogP contribution is -2.31. The molecule has 3 aromatic rings. The van der Waals surface area contributed by atoms with Crippen LogP contribution < -0.4 is 5.32 Å². The lowest BCUT2D eigenvalue weighted by molar-refractivity contribution is -0.121. The fourth-order valence-electron chi connectivity index (χ4n) is 4.32. The summed E-state index contributed by atoms with van der Waals surface area (Å²) in [5.74, 6) is 0.802. The van der Waals surface area contributed by atoms with Crippen LogP contribution in [-0.4, -0.2) is 43.2 Å². The van der Waals surface area contributed by atoms with Crippen molar-refractivity contribution in [1.29, 1.82) is 0 Å². The summed E-state index contributed by atoms with van der Waals surface area (Å²) in [6.07, 6.45) is 2.29. The summed E-state index contributed by atoms with van der Waals surface area (Å²) in [5, 5.41) is 11.5. The zero-order chi connectivity index (χ0) is 23.4. The minimum absolute atomic E-state index is 0.0270. The van der Waals surface area contributed by atoms with Crippen LogP contribution in [0, 0.1) is 13.8 Å². The van der Waals surface area contributed by atoms with E-state index in [-0.39, 0.29) is 24.3 Å². The predicted molar refractivity (Wildman–Crippen MR) is 121 cm³/mol. The van der Waals surface area contributed by atoms with E-state index in [1.807, 2.05) is 55.8 Å². The lowest BCUT2D eigenvalue weighted by atomic mass is 10.1. The van der Waals surface area contributed by atoms with Crippen LogP contribution in [0.4, 0.5) is 0 Å². The summed E-state index contributed by atoms with van der Waals surface area (Å²) in [4.78, 5) is 31.5. The monoisotopic (exact) mass is 450 g/mol. The van der Waals surface area contributed by atoms with E-state index in [0.29, 0.717) is 36.8 Å². The number of amides is 2. The minimum atomic E-state index is -0.204. The maximum atomic E-state index is 12.9. The van der Waals surface area contributed by atoms with Gasteiger partial charge in [0, 0.05) is 49.3 Å². The highest BCUT2D eigenvalue weighted by molar-refractivity contribution is 5.94. The van der Waals surface area contributed by atoms with Gasteiger partial charge in [-0.2, -0.15) is 10.1 Å². The molecule has 1 aromatic carbocycles. The van der Waals surface area contributed by atoms with Gasteiger partial charge in [-0.3, -0.25) is 14.3 Å². The Hall–Kier alpha value is -3.49. The zero-order valence-corrected chi connectivity index (χ0v) is 19.4. The van der Waals surface area contributed by atoms with Crippen molar-refractivity contribution < 1.29 is 14.1 Å². The number of carbonyl (C=O) groups is 2. The van der Waals surface area contributed by atoms with Crippen LogP contribution in [0.25, 0.3) is 0 Å². The van der Waals surface area contributed by atoms with Gasteiger partial charge in [0.15, 0.2) is 5.82 Å². The molecule has 174 valence electrons. The first kappa shape index (κ1) is 22.7. The third-order valence-electron chi connectivity index (χ3n) is 6.18. The average molecular weight is 451 g/mol. The molecule has 1 fully saturated rings. The number of aryl methyl sites for hydroxylation is 3. The molecule has 2 amide bonds. The summed E-state index contributed by atoms with van der Waals surface area (Å²) in [5.41, 5.74) is 3.71.